The van der Waals surface area contributed by atoms with Crippen LogP contribution in [0, 0.1) is 5.92 Å². The third-order valence-electron chi connectivity index (χ3n) is 4.81. The minimum atomic E-state index is -4.86. The summed E-state index contributed by atoms with van der Waals surface area (Å²) >= 11 is 5.93. The van der Waals surface area contributed by atoms with Gasteiger partial charge in [0.1, 0.15) is 11.3 Å². The molecule has 158 valence electrons. The van der Waals surface area contributed by atoms with Crippen molar-refractivity contribution in [2.45, 2.75) is 12.8 Å². The summed E-state index contributed by atoms with van der Waals surface area (Å²) in [4.78, 5) is 18.6. The van der Waals surface area contributed by atoms with Crippen LogP contribution < -0.4 is 10.1 Å². The van der Waals surface area contributed by atoms with E-state index in [1.54, 1.807) is 18.2 Å². The molecule has 1 N–H and O–H groups in total. The molecule has 1 saturated heterocycles. The number of aromatic nitrogens is 1. The SMILES string of the molecule is O=C(c1ccccc1OC(F)(F)F)N1CCC(CNc2nc3ccc(Cl)cc3o2)C1. The van der Waals surface area contributed by atoms with E-state index in [0.29, 0.717) is 48.2 Å². The number of carbonyl (C=O) groups is 1. The number of nitrogens with one attached hydrogen (secondary N) is 1. The maximum atomic E-state index is 12.7. The summed E-state index contributed by atoms with van der Waals surface area (Å²) in [5.74, 6) is -0.890. The first-order chi connectivity index (χ1) is 14.3. The van der Waals surface area contributed by atoms with Gasteiger partial charge in [0.15, 0.2) is 5.58 Å². The molecule has 1 aliphatic heterocycles. The van der Waals surface area contributed by atoms with E-state index in [1.165, 1.54) is 23.1 Å². The van der Waals surface area contributed by atoms with Crippen molar-refractivity contribution in [1.82, 2.24) is 9.88 Å². The molecular formula is C20H17ClF3N3O3. The first kappa shape index (κ1) is 20.3. The van der Waals surface area contributed by atoms with E-state index in [4.69, 9.17) is 16.0 Å². The minimum absolute atomic E-state index is 0.100. The summed E-state index contributed by atoms with van der Waals surface area (Å²) in [6, 6.07) is 10.9. The Morgan fingerprint density at radius 3 is 2.90 bits per heavy atom. The largest absolute Gasteiger partial charge is 0.573 e. The van der Waals surface area contributed by atoms with Crippen LogP contribution in [0.15, 0.2) is 46.9 Å². The highest BCUT2D eigenvalue weighted by Crippen LogP contribution is 2.29. The Kier molecular flexibility index (Phi) is 5.46. The monoisotopic (exact) mass is 439 g/mol. The average Bonchev–Trinajstić information content (AvgIpc) is 3.31. The molecule has 0 radical (unpaired) electrons. The fraction of sp³-hybridized carbons (Fsp3) is 0.300. The van der Waals surface area contributed by atoms with Gasteiger partial charge in [0.25, 0.3) is 11.9 Å². The van der Waals surface area contributed by atoms with Crippen LogP contribution in [0.3, 0.4) is 0 Å². The Morgan fingerprint density at radius 2 is 2.10 bits per heavy atom. The molecule has 2 heterocycles. The van der Waals surface area contributed by atoms with Crippen LogP contribution in [0.4, 0.5) is 19.2 Å². The Balaban J connectivity index is 1.38. The van der Waals surface area contributed by atoms with Crippen molar-refractivity contribution < 1.29 is 27.1 Å². The van der Waals surface area contributed by atoms with Crippen molar-refractivity contribution in [3.63, 3.8) is 0 Å². The number of hydrogen-bond acceptors (Lipinski definition) is 5. The number of para-hydroxylation sites is 1. The smallest absolute Gasteiger partial charge is 0.424 e. The normalized spacial score (nSPS) is 16.8. The molecule has 30 heavy (non-hydrogen) atoms. The predicted octanol–water partition coefficient (Wildman–Crippen LogP) is 4.95. The number of oxazole rings is 1. The fourth-order valence-corrected chi connectivity index (χ4v) is 3.58. The van der Waals surface area contributed by atoms with Gasteiger partial charge in [0.05, 0.1) is 5.56 Å². The highest BCUT2D eigenvalue weighted by molar-refractivity contribution is 6.31. The number of benzene rings is 2. The van der Waals surface area contributed by atoms with Crippen molar-refractivity contribution in [3.8, 4) is 5.75 Å². The number of likely N-dealkylation sites (tertiary alicyclic amines) is 1. The van der Waals surface area contributed by atoms with Crippen molar-refractivity contribution >= 4 is 34.6 Å². The molecule has 0 bridgehead atoms. The van der Waals surface area contributed by atoms with Crippen molar-refractivity contribution in [1.29, 1.82) is 0 Å². The van der Waals surface area contributed by atoms with E-state index in [-0.39, 0.29) is 11.5 Å². The minimum Gasteiger partial charge on any atom is -0.424 e. The number of halogens is 4. The van der Waals surface area contributed by atoms with Gasteiger partial charge in [-0.05, 0) is 36.6 Å². The molecule has 0 aliphatic carbocycles. The Bertz CT molecular complexity index is 1070. The second kappa shape index (κ2) is 8.06. The summed E-state index contributed by atoms with van der Waals surface area (Å²) in [6.45, 7) is 1.35. The van der Waals surface area contributed by atoms with E-state index < -0.39 is 18.0 Å². The Hall–Kier alpha value is -2.94. The van der Waals surface area contributed by atoms with E-state index in [0.717, 1.165) is 6.07 Å². The Morgan fingerprint density at radius 1 is 1.30 bits per heavy atom. The summed E-state index contributed by atoms with van der Waals surface area (Å²) < 4.78 is 47.4. The standard InChI is InChI=1S/C20H17ClF3N3O3/c21-13-5-6-15-17(9-13)29-19(26-15)25-10-12-7-8-27(11-12)18(28)14-3-1-2-4-16(14)30-20(22,23)24/h1-6,9,12H,7-8,10-11H2,(H,25,26). The zero-order valence-electron chi connectivity index (χ0n) is 15.6. The first-order valence-corrected chi connectivity index (χ1v) is 9.60. The molecule has 0 spiro atoms. The average molecular weight is 440 g/mol. The molecular weight excluding hydrogens is 423 g/mol. The molecule has 1 atom stereocenters. The number of nitrogens with zero attached hydrogens (tertiary/aromatic N) is 2. The molecule has 1 aromatic heterocycles. The van der Waals surface area contributed by atoms with Gasteiger partial charge in [-0.15, -0.1) is 13.2 Å². The topological polar surface area (TPSA) is 67.6 Å². The number of anilines is 1. The predicted molar refractivity (Wildman–Crippen MR) is 105 cm³/mol. The lowest BCUT2D eigenvalue weighted by molar-refractivity contribution is -0.274. The highest BCUT2D eigenvalue weighted by Gasteiger charge is 2.34. The van der Waals surface area contributed by atoms with Crippen LogP contribution in [0.1, 0.15) is 16.8 Å². The first-order valence-electron chi connectivity index (χ1n) is 9.22. The van der Waals surface area contributed by atoms with E-state index >= 15 is 0 Å². The maximum absolute atomic E-state index is 12.7. The van der Waals surface area contributed by atoms with Gasteiger partial charge in [0, 0.05) is 30.7 Å². The molecule has 2 aromatic carbocycles. The molecule has 10 heteroatoms. The number of fused-ring (bicyclic) bond motifs is 1. The maximum Gasteiger partial charge on any atom is 0.573 e. The molecule has 1 amide bonds. The molecule has 6 nitrogen and oxygen atoms in total. The van der Waals surface area contributed by atoms with Crippen molar-refractivity contribution in [2.24, 2.45) is 5.92 Å². The third-order valence-corrected chi connectivity index (χ3v) is 5.04. The van der Waals surface area contributed by atoms with Gasteiger partial charge in [-0.2, -0.15) is 4.98 Å². The third kappa shape index (κ3) is 4.62. The number of carbonyl (C=O) groups excluding carboxylic acids is 1. The van der Waals surface area contributed by atoms with Gasteiger partial charge in [0.2, 0.25) is 0 Å². The lowest BCUT2D eigenvalue weighted by atomic mass is 10.1. The van der Waals surface area contributed by atoms with Crippen LogP contribution in [0.5, 0.6) is 5.75 Å². The zero-order valence-corrected chi connectivity index (χ0v) is 16.3. The van der Waals surface area contributed by atoms with Gasteiger partial charge in [-0.25, -0.2) is 0 Å². The fourth-order valence-electron chi connectivity index (χ4n) is 3.42. The van der Waals surface area contributed by atoms with E-state index in [1.807, 2.05) is 0 Å². The van der Waals surface area contributed by atoms with Crippen LogP contribution in [-0.4, -0.2) is 41.8 Å². The molecule has 1 fully saturated rings. The molecule has 1 unspecified atom stereocenters. The Labute approximate surface area is 174 Å². The van der Waals surface area contributed by atoms with Crippen molar-refractivity contribution in [2.75, 3.05) is 25.0 Å². The quantitative estimate of drug-likeness (QED) is 0.609. The van der Waals surface area contributed by atoms with Gasteiger partial charge in [-0.1, -0.05) is 23.7 Å². The second-order valence-corrected chi connectivity index (χ2v) is 7.40. The number of alkyl halides is 3. The summed E-state index contributed by atoms with van der Waals surface area (Å²) in [6.07, 6.45) is -4.16. The molecule has 4 rings (SSSR count). The van der Waals surface area contributed by atoms with Gasteiger partial charge >= 0.3 is 6.36 Å². The summed E-state index contributed by atoms with van der Waals surface area (Å²) in [5, 5.41) is 3.65. The van der Waals surface area contributed by atoms with Crippen molar-refractivity contribution in [3.05, 3.63) is 53.1 Å². The number of hydrogen-bond donors (Lipinski definition) is 1. The lowest BCUT2D eigenvalue weighted by Gasteiger charge is -2.19. The van der Waals surface area contributed by atoms with E-state index in [2.05, 4.69) is 15.0 Å². The molecule has 1 aliphatic rings. The number of amides is 1. The second-order valence-electron chi connectivity index (χ2n) is 6.96. The molecule has 0 saturated carbocycles. The van der Waals surface area contributed by atoms with E-state index in [9.17, 15) is 18.0 Å². The van der Waals surface area contributed by atoms with Crippen LogP contribution in [0.2, 0.25) is 5.02 Å². The lowest BCUT2D eigenvalue weighted by Crippen LogP contribution is -2.30. The summed E-state index contributed by atoms with van der Waals surface area (Å²) in [5.41, 5.74) is 1.13. The number of ether oxygens (including phenoxy) is 1. The van der Waals surface area contributed by atoms with Gasteiger partial charge in [-0.3, -0.25) is 4.79 Å². The van der Waals surface area contributed by atoms with Crippen LogP contribution in [-0.2, 0) is 0 Å². The molecule has 3 aromatic rings. The van der Waals surface area contributed by atoms with Gasteiger partial charge < -0.3 is 19.4 Å². The van der Waals surface area contributed by atoms with Crippen LogP contribution in [0.25, 0.3) is 11.1 Å². The number of rotatable bonds is 5. The van der Waals surface area contributed by atoms with Crippen LogP contribution >= 0.6 is 11.6 Å². The highest BCUT2D eigenvalue weighted by atomic mass is 35.5. The zero-order chi connectivity index (χ0) is 21.3. The summed E-state index contributed by atoms with van der Waals surface area (Å²) in [7, 11) is 0.